The van der Waals surface area contributed by atoms with Crippen LogP contribution in [-0.4, -0.2) is 61.8 Å². The fraction of sp³-hybridized carbons (Fsp3) is 0.474. The Balaban J connectivity index is 1.59. The highest BCUT2D eigenvalue weighted by atomic mass is 16.5. The molecule has 0 spiro atoms. The van der Waals surface area contributed by atoms with Crippen LogP contribution in [0.15, 0.2) is 41.5 Å². The molecule has 2 heterocycles. The minimum atomic E-state index is 0.635. The van der Waals surface area contributed by atoms with Crippen molar-refractivity contribution in [2.45, 2.75) is 13.5 Å². The average molecular weight is 341 g/mol. The summed E-state index contributed by atoms with van der Waals surface area (Å²) in [5, 5.41) is 7.91. The van der Waals surface area contributed by atoms with Crippen LogP contribution in [0.5, 0.6) is 0 Å². The summed E-state index contributed by atoms with van der Waals surface area (Å²) in [5.74, 6) is 0.858. The van der Waals surface area contributed by atoms with Gasteiger partial charge >= 0.3 is 0 Å². The Bertz CT molecular complexity index is 692. The number of hydrogen-bond acceptors (Lipinski definition) is 4. The van der Waals surface area contributed by atoms with Crippen LogP contribution in [0.25, 0.3) is 10.9 Å². The number of ether oxygens (including phenoxy) is 1. The molecule has 0 unspecified atom stereocenters. The lowest BCUT2D eigenvalue weighted by Gasteiger charge is -2.26. The molecular formula is C19H27N5O. The summed E-state index contributed by atoms with van der Waals surface area (Å²) in [6, 6.07) is 10.2. The van der Waals surface area contributed by atoms with Crippen molar-refractivity contribution in [3.8, 4) is 0 Å². The molecule has 0 amide bonds. The molecule has 0 saturated carbocycles. The molecule has 0 atom stereocenters. The van der Waals surface area contributed by atoms with E-state index in [1.165, 1.54) is 5.56 Å². The fourth-order valence-electron chi connectivity index (χ4n) is 2.96. The Morgan fingerprint density at radius 2 is 2.04 bits per heavy atom. The third-order valence-corrected chi connectivity index (χ3v) is 4.32. The van der Waals surface area contributed by atoms with Crippen molar-refractivity contribution in [2.75, 3.05) is 45.9 Å². The second-order valence-corrected chi connectivity index (χ2v) is 6.06. The van der Waals surface area contributed by atoms with Gasteiger partial charge in [-0.1, -0.05) is 18.2 Å². The Morgan fingerprint density at radius 1 is 1.20 bits per heavy atom. The maximum atomic E-state index is 5.39. The Morgan fingerprint density at radius 3 is 2.88 bits per heavy atom. The highest BCUT2D eigenvalue weighted by Gasteiger charge is 2.09. The van der Waals surface area contributed by atoms with Crippen LogP contribution < -0.4 is 10.6 Å². The largest absolute Gasteiger partial charge is 0.379 e. The van der Waals surface area contributed by atoms with Gasteiger partial charge in [0.05, 0.1) is 25.3 Å². The summed E-state index contributed by atoms with van der Waals surface area (Å²) in [4.78, 5) is 11.6. The number of aromatic nitrogens is 1. The first-order valence-corrected chi connectivity index (χ1v) is 9.01. The number of nitrogens with zero attached hydrogens (tertiary/aromatic N) is 3. The van der Waals surface area contributed by atoms with Gasteiger partial charge in [-0.05, 0) is 24.6 Å². The van der Waals surface area contributed by atoms with E-state index in [1.807, 2.05) is 30.5 Å². The number of rotatable bonds is 6. The number of fused-ring (bicyclic) bond motifs is 1. The van der Waals surface area contributed by atoms with E-state index in [0.717, 1.165) is 62.8 Å². The van der Waals surface area contributed by atoms with E-state index in [2.05, 4.69) is 33.5 Å². The topological polar surface area (TPSA) is 61.8 Å². The molecule has 0 aliphatic carbocycles. The van der Waals surface area contributed by atoms with Gasteiger partial charge in [-0.2, -0.15) is 0 Å². The first-order chi connectivity index (χ1) is 12.4. The van der Waals surface area contributed by atoms with Gasteiger partial charge in [0.2, 0.25) is 0 Å². The molecule has 1 aliphatic rings. The van der Waals surface area contributed by atoms with Gasteiger partial charge in [0, 0.05) is 44.3 Å². The first-order valence-electron chi connectivity index (χ1n) is 9.01. The van der Waals surface area contributed by atoms with Crippen molar-refractivity contribution in [2.24, 2.45) is 4.99 Å². The van der Waals surface area contributed by atoms with E-state index in [1.54, 1.807) is 0 Å². The van der Waals surface area contributed by atoms with E-state index in [-0.39, 0.29) is 0 Å². The fourth-order valence-corrected chi connectivity index (χ4v) is 2.96. The van der Waals surface area contributed by atoms with Gasteiger partial charge in [0.1, 0.15) is 0 Å². The van der Waals surface area contributed by atoms with Crippen molar-refractivity contribution in [1.29, 1.82) is 0 Å². The third kappa shape index (κ3) is 5.14. The molecule has 0 bridgehead atoms. The van der Waals surface area contributed by atoms with Crippen molar-refractivity contribution in [3.63, 3.8) is 0 Å². The average Bonchev–Trinajstić information content (AvgIpc) is 2.67. The number of para-hydroxylation sites is 1. The zero-order valence-corrected chi connectivity index (χ0v) is 14.9. The SMILES string of the molecule is CCNC(=NCc1ccnc2ccccc12)NCCN1CCOCC1. The normalized spacial score (nSPS) is 16.1. The highest BCUT2D eigenvalue weighted by molar-refractivity contribution is 5.83. The second-order valence-electron chi connectivity index (χ2n) is 6.06. The summed E-state index contributed by atoms with van der Waals surface area (Å²) in [7, 11) is 0. The third-order valence-electron chi connectivity index (χ3n) is 4.32. The number of guanidine groups is 1. The van der Waals surface area contributed by atoms with Crippen LogP contribution in [-0.2, 0) is 11.3 Å². The molecule has 134 valence electrons. The molecule has 25 heavy (non-hydrogen) atoms. The lowest BCUT2D eigenvalue weighted by Crippen LogP contribution is -2.44. The van der Waals surface area contributed by atoms with E-state index in [9.17, 15) is 0 Å². The number of pyridine rings is 1. The second kappa shape index (κ2) is 9.34. The molecule has 1 aromatic heterocycles. The van der Waals surface area contributed by atoms with Gasteiger partial charge < -0.3 is 15.4 Å². The lowest BCUT2D eigenvalue weighted by atomic mass is 10.1. The summed E-state index contributed by atoms with van der Waals surface area (Å²) >= 11 is 0. The molecule has 3 rings (SSSR count). The van der Waals surface area contributed by atoms with Crippen LogP contribution in [0.3, 0.4) is 0 Å². The Hall–Kier alpha value is -2.18. The standard InChI is InChI=1S/C19H27N5O/c1-2-20-19(22-9-10-24-11-13-25-14-12-24)23-15-16-7-8-21-18-6-4-3-5-17(16)18/h3-8H,2,9-15H2,1H3,(H2,20,22,23). The summed E-state index contributed by atoms with van der Waals surface area (Å²) in [5.41, 5.74) is 2.21. The van der Waals surface area contributed by atoms with Crippen LogP contribution in [0.4, 0.5) is 0 Å². The van der Waals surface area contributed by atoms with Crippen molar-refractivity contribution >= 4 is 16.9 Å². The smallest absolute Gasteiger partial charge is 0.191 e. The molecule has 1 aliphatic heterocycles. The van der Waals surface area contributed by atoms with Crippen LogP contribution in [0.2, 0.25) is 0 Å². The quantitative estimate of drug-likeness (QED) is 0.618. The molecule has 1 aromatic carbocycles. The van der Waals surface area contributed by atoms with Crippen molar-refractivity contribution < 1.29 is 4.74 Å². The van der Waals surface area contributed by atoms with E-state index in [0.29, 0.717) is 6.54 Å². The zero-order valence-electron chi connectivity index (χ0n) is 14.9. The van der Waals surface area contributed by atoms with Gasteiger partial charge in [-0.15, -0.1) is 0 Å². The van der Waals surface area contributed by atoms with Gasteiger partial charge in [-0.3, -0.25) is 9.88 Å². The number of aliphatic imine (C=N–C) groups is 1. The number of morpholine rings is 1. The monoisotopic (exact) mass is 341 g/mol. The Labute approximate surface area is 149 Å². The summed E-state index contributed by atoms with van der Waals surface area (Å²) in [6.45, 7) is 9.15. The number of benzene rings is 1. The minimum absolute atomic E-state index is 0.635. The van der Waals surface area contributed by atoms with Crippen molar-refractivity contribution in [3.05, 3.63) is 42.1 Å². The summed E-state index contributed by atoms with van der Waals surface area (Å²) in [6.07, 6.45) is 1.85. The molecule has 6 heteroatoms. The maximum Gasteiger partial charge on any atom is 0.191 e. The molecule has 0 radical (unpaired) electrons. The predicted molar refractivity (Wildman–Crippen MR) is 102 cm³/mol. The van der Waals surface area contributed by atoms with E-state index >= 15 is 0 Å². The summed E-state index contributed by atoms with van der Waals surface area (Å²) < 4.78 is 5.39. The number of nitrogens with one attached hydrogen (secondary N) is 2. The first kappa shape index (κ1) is 17.6. The Kier molecular flexibility index (Phi) is 6.59. The highest BCUT2D eigenvalue weighted by Crippen LogP contribution is 2.16. The molecule has 1 fully saturated rings. The van der Waals surface area contributed by atoms with E-state index in [4.69, 9.17) is 9.73 Å². The van der Waals surface area contributed by atoms with Gasteiger partial charge in [-0.25, -0.2) is 4.99 Å². The van der Waals surface area contributed by atoms with Crippen LogP contribution in [0.1, 0.15) is 12.5 Å². The molecule has 1 saturated heterocycles. The minimum Gasteiger partial charge on any atom is -0.379 e. The maximum absolute atomic E-state index is 5.39. The zero-order chi connectivity index (χ0) is 17.3. The molecule has 6 nitrogen and oxygen atoms in total. The van der Waals surface area contributed by atoms with Crippen LogP contribution >= 0.6 is 0 Å². The predicted octanol–water partition coefficient (Wildman–Crippen LogP) is 1.62. The molecule has 2 N–H and O–H groups in total. The van der Waals surface area contributed by atoms with Gasteiger partial charge in [0.15, 0.2) is 5.96 Å². The van der Waals surface area contributed by atoms with Crippen molar-refractivity contribution in [1.82, 2.24) is 20.5 Å². The van der Waals surface area contributed by atoms with Gasteiger partial charge in [0.25, 0.3) is 0 Å². The number of hydrogen-bond donors (Lipinski definition) is 2. The molecular weight excluding hydrogens is 314 g/mol. The van der Waals surface area contributed by atoms with Crippen LogP contribution in [0, 0.1) is 0 Å². The lowest BCUT2D eigenvalue weighted by molar-refractivity contribution is 0.0389. The molecule has 2 aromatic rings. The van der Waals surface area contributed by atoms with E-state index < -0.39 is 0 Å².